The molecule has 0 aliphatic carbocycles. The molecular formula is C23H31FN3O8P. The van der Waals surface area contributed by atoms with Gasteiger partial charge in [0.2, 0.25) is 0 Å². The molecule has 13 heteroatoms. The van der Waals surface area contributed by atoms with Gasteiger partial charge in [0, 0.05) is 12.3 Å². The van der Waals surface area contributed by atoms with Gasteiger partial charge < -0.3 is 29.3 Å². The summed E-state index contributed by atoms with van der Waals surface area (Å²) < 4.78 is 51.0. The first-order valence-electron chi connectivity index (χ1n) is 11.3. The summed E-state index contributed by atoms with van der Waals surface area (Å²) in [5.41, 5.74) is -2.32. The standard InChI is InChI=1S/C23H31FN3O8P/c1-14(2)33-21(30)15(3)26-36(31,35-17-9-7-6-8-10-17)32-13-18-20(29)23(5,24)22(34-18)27-12-11-19(28)25-16(27)4/h6-12,14-15,18,20,22,29H,4,13H2,1-3,5H3,(H,25,28)(H,26,31)/t15-,18+,20+,22+,23+,36-/m0/s1. The summed E-state index contributed by atoms with van der Waals surface area (Å²) in [6.45, 7) is 9.00. The van der Waals surface area contributed by atoms with Crippen molar-refractivity contribution in [2.45, 2.75) is 63.9 Å². The molecule has 2 heterocycles. The van der Waals surface area contributed by atoms with E-state index in [4.69, 9.17) is 18.5 Å². The van der Waals surface area contributed by atoms with Crippen LogP contribution in [-0.4, -0.2) is 64.7 Å². The van der Waals surface area contributed by atoms with Crippen molar-refractivity contribution in [3.05, 3.63) is 55.0 Å². The van der Waals surface area contributed by atoms with Crippen LogP contribution < -0.4 is 14.9 Å². The normalized spacial score (nSPS) is 28.5. The number of aliphatic hydroxyl groups is 1. The first kappa shape index (κ1) is 27.8. The van der Waals surface area contributed by atoms with E-state index in [0.29, 0.717) is 0 Å². The van der Waals surface area contributed by atoms with E-state index in [1.165, 1.54) is 30.2 Å². The third-order valence-corrected chi connectivity index (χ3v) is 7.01. The number of hydrogen-bond acceptors (Lipinski definition) is 9. The highest BCUT2D eigenvalue weighted by Crippen LogP contribution is 2.46. The van der Waals surface area contributed by atoms with E-state index >= 15 is 4.39 Å². The summed E-state index contributed by atoms with van der Waals surface area (Å²) in [4.78, 5) is 25.0. The number of rotatable bonds is 10. The minimum Gasteiger partial charge on any atom is -0.462 e. The van der Waals surface area contributed by atoms with Gasteiger partial charge in [-0.1, -0.05) is 24.8 Å². The van der Waals surface area contributed by atoms with Gasteiger partial charge in [0.15, 0.2) is 11.9 Å². The van der Waals surface area contributed by atoms with Crippen LogP contribution >= 0.6 is 7.75 Å². The first-order chi connectivity index (χ1) is 16.8. The zero-order valence-corrected chi connectivity index (χ0v) is 21.3. The van der Waals surface area contributed by atoms with Crippen LogP contribution in [-0.2, 0) is 28.2 Å². The zero-order valence-electron chi connectivity index (χ0n) is 20.4. The number of benzene rings is 1. The van der Waals surface area contributed by atoms with Crippen molar-refractivity contribution < 1.29 is 42.2 Å². The Morgan fingerprint density at radius 2 is 2.03 bits per heavy atom. The molecule has 0 unspecified atom stereocenters. The minimum absolute atomic E-state index is 0.0578. The number of hydrogen-bond donors (Lipinski definition) is 3. The minimum atomic E-state index is -4.25. The molecule has 36 heavy (non-hydrogen) atoms. The molecule has 1 aromatic carbocycles. The maximum atomic E-state index is 15.5. The van der Waals surface area contributed by atoms with E-state index in [0.717, 1.165) is 13.0 Å². The van der Waals surface area contributed by atoms with E-state index in [2.05, 4.69) is 17.0 Å². The fourth-order valence-electron chi connectivity index (χ4n) is 3.56. The van der Waals surface area contributed by atoms with E-state index in [1.54, 1.807) is 32.0 Å². The molecule has 1 amide bonds. The topological polar surface area (TPSA) is 136 Å². The number of aliphatic hydroxyl groups excluding tert-OH is 1. The molecular weight excluding hydrogens is 496 g/mol. The van der Waals surface area contributed by atoms with Crippen molar-refractivity contribution in [3.63, 3.8) is 0 Å². The molecule has 0 spiro atoms. The summed E-state index contributed by atoms with van der Waals surface area (Å²) in [7, 11) is -4.25. The summed E-state index contributed by atoms with van der Waals surface area (Å²) in [5, 5.41) is 15.6. The molecule has 2 aliphatic rings. The Kier molecular flexibility index (Phi) is 8.58. The summed E-state index contributed by atoms with van der Waals surface area (Å²) in [6, 6.07) is 7.01. The van der Waals surface area contributed by atoms with Crippen LogP contribution in [0.1, 0.15) is 27.7 Å². The predicted octanol–water partition coefficient (Wildman–Crippen LogP) is 2.35. The predicted molar refractivity (Wildman–Crippen MR) is 127 cm³/mol. The number of amides is 1. The fraction of sp³-hybridized carbons (Fsp3) is 0.478. The van der Waals surface area contributed by atoms with Crippen LogP contribution in [0.25, 0.3) is 0 Å². The van der Waals surface area contributed by atoms with Crippen molar-refractivity contribution in [1.29, 1.82) is 0 Å². The maximum Gasteiger partial charge on any atom is 0.459 e. The number of halogens is 1. The molecule has 1 fully saturated rings. The zero-order chi connectivity index (χ0) is 26.7. The highest BCUT2D eigenvalue weighted by Gasteiger charge is 2.57. The number of carbonyl (C=O) groups is 2. The molecule has 3 N–H and O–H groups in total. The van der Waals surface area contributed by atoms with Gasteiger partial charge in [-0.05, 0) is 39.8 Å². The van der Waals surface area contributed by atoms with Gasteiger partial charge in [-0.25, -0.2) is 8.96 Å². The van der Waals surface area contributed by atoms with Gasteiger partial charge in [-0.15, -0.1) is 0 Å². The van der Waals surface area contributed by atoms with Crippen molar-refractivity contribution in [2.24, 2.45) is 0 Å². The lowest BCUT2D eigenvalue weighted by molar-refractivity contribution is -0.149. The molecule has 3 rings (SSSR count). The van der Waals surface area contributed by atoms with Crippen LogP contribution in [0.15, 0.2) is 55.0 Å². The Balaban J connectivity index is 1.76. The van der Waals surface area contributed by atoms with Crippen molar-refractivity contribution >= 4 is 19.6 Å². The van der Waals surface area contributed by atoms with Gasteiger partial charge in [0.1, 0.15) is 29.8 Å². The van der Waals surface area contributed by atoms with Gasteiger partial charge in [-0.3, -0.25) is 14.1 Å². The lowest BCUT2D eigenvalue weighted by atomic mass is 9.98. The summed E-state index contributed by atoms with van der Waals surface area (Å²) >= 11 is 0. The number of esters is 1. The number of ether oxygens (including phenoxy) is 2. The first-order valence-corrected chi connectivity index (χ1v) is 12.8. The van der Waals surface area contributed by atoms with Crippen LogP contribution in [0.2, 0.25) is 0 Å². The average Bonchev–Trinajstić information content (AvgIpc) is 3.01. The Morgan fingerprint density at radius 1 is 1.36 bits per heavy atom. The Hall–Kier alpha value is -2.76. The lowest BCUT2D eigenvalue weighted by Crippen LogP contribution is -2.51. The molecule has 2 aliphatic heterocycles. The average molecular weight is 527 g/mol. The third kappa shape index (κ3) is 6.51. The second kappa shape index (κ2) is 11.1. The number of para-hydroxylation sites is 1. The van der Waals surface area contributed by atoms with Crippen molar-refractivity contribution in [1.82, 2.24) is 15.3 Å². The number of alkyl halides is 1. The molecule has 1 saturated heterocycles. The molecule has 6 atom stereocenters. The highest BCUT2D eigenvalue weighted by molar-refractivity contribution is 7.52. The highest BCUT2D eigenvalue weighted by atomic mass is 31.2. The number of carbonyl (C=O) groups excluding carboxylic acids is 2. The fourth-order valence-corrected chi connectivity index (χ4v) is 5.06. The van der Waals surface area contributed by atoms with Gasteiger partial charge in [0.25, 0.3) is 5.91 Å². The smallest absolute Gasteiger partial charge is 0.459 e. The largest absolute Gasteiger partial charge is 0.462 e. The SMILES string of the molecule is C=C1NC(=O)C=CN1[C@@H]1O[C@H](CO[P@@](=O)(N[C@@H](C)C(=O)OC(C)C)Oc2ccccc2)[C@@H](O)[C@@]1(C)F. The van der Waals surface area contributed by atoms with E-state index in [1.807, 2.05) is 0 Å². The molecule has 1 aromatic rings. The van der Waals surface area contributed by atoms with E-state index in [-0.39, 0.29) is 11.6 Å². The molecule has 0 radical (unpaired) electrons. The van der Waals surface area contributed by atoms with Gasteiger partial charge >= 0.3 is 13.7 Å². The third-order valence-electron chi connectivity index (χ3n) is 5.37. The quantitative estimate of drug-likeness (QED) is 0.307. The van der Waals surface area contributed by atoms with Crippen molar-refractivity contribution in [2.75, 3.05) is 6.61 Å². The molecule has 198 valence electrons. The van der Waals surface area contributed by atoms with Crippen LogP contribution in [0.3, 0.4) is 0 Å². The summed E-state index contributed by atoms with van der Waals surface area (Å²) in [6.07, 6.45) is -2.30. The molecule has 0 saturated carbocycles. The Bertz CT molecular complexity index is 1050. The molecule has 11 nitrogen and oxygen atoms in total. The lowest BCUT2D eigenvalue weighted by Gasteiger charge is -2.35. The van der Waals surface area contributed by atoms with Gasteiger partial charge in [0.05, 0.1) is 12.7 Å². The van der Waals surface area contributed by atoms with E-state index < -0.39 is 62.5 Å². The second-order valence-electron chi connectivity index (χ2n) is 8.82. The molecule has 0 aromatic heterocycles. The van der Waals surface area contributed by atoms with E-state index in [9.17, 15) is 19.3 Å². The van der Waals surface area contributed by atoms with Crippen molar-refractivity contribution in [3.8, 4) is 5.75 Å². The Morgan fingerprint density at radius 3 is 2.64 bits per heavy atom. The monoisotopic (exact) mass is 527 g/mol. The van der Waals surface area contributed by atoms with Crippen LogP contribution in [0, 0.1) is 0 Å². The summed E-state index contributed by atoms with van der Waals surface area (Å²) in [5.74, 6) is -0.881. The number of nitrogens with zero attached hydrogens (tertiary/aromatic N) is 1. The van der Waals surface area contributed by atoms with Gasteiger partial charge in [-0.2, -0.15) is 5.09 Å². The Labute approximate surface area is 208 Å². The maximum absolute atomic E-state index is 15.5. The van der Waals surface area contributed by atoms with Crippen LogP contribution in [0.4, 0.5) is 4.39 Å². The van der Waals surface area contributed by atoms with Crippen LogP contribution in [0.5, 0.6) is 5.75 Å². The second-order valence-corrected chi connectivity index (χ2v) is 10.5. The number of nitrogens with one attached hydrogen (secondary N) is 2. The molecule has 0 bridgehead atoms.